The van der Waals surface area contributed by atoms with Gasteiger partial charge >= 0.3 is 0 Å². The quantitative estimate of drug-likeness (QED) is 0.933. The molecule has 0 bridgehead atoms. The number of nitrogens with zero attached hydrogens (tertiary/aromatic N) is 1. The molecule has 0 amide bonds. The molecule has 1 N–H and O–H groups in total. The lowest BCUT2D eigenvalue weighted by Gasteiger charge is -2.36. The van der Waals surface area contributed by atoms with Crippen molar-refractivity contribution in [2.24, 2.45) is 0 Å². The summed E-state index contributed by atoms with van der Waals surface area (Å²) in [6.45, 7) is 2.55. The van der Waals surface area contributed by atoms with Gasteiger partial charge in [-0.15, -0.1) is 0 Å². The molecule has 0 spiro atoms. The molecule has 0 aromatic heterocycles. The van der Waals surface area contributed by atoms with Crippen molar-refractivity contribution in [2.45, 2.75) is 12.5 Å². The summed E-state index contributed by atoms with van der Waals surface area (Å²) in [6, 6.07) is 15.3. The van der Waals surface area contributed by atoms with Crippen LogP contribution in [0.15, 0.2) is 48.5 Å². The molecule has 1 heterocycles. The topological polar surface area (TPSA) is 15.3 Å². The fraction of sp³-hybridized carbons (Fsp3) is 0.294. The highest BCUT2D eigenvalue weighted by Crippen LogP contribution is 2.27. The van der Waals surface area contributed by atoms with Gasteiger partial charge in [-0.25, -0.2) is 4.39 Å². The summed E-state index contributed by atoms with van der Waals surface area (Å²) in [5, 5.41) is 4.13. The summed E-state index contributed by atoms with van der Waals surface area (Å²) >= 11 is 6.21. The first-order valence-corrected chi connectivity index (χ1v) is 7.57. The fourth-order valence-corrected chi connectivity index (χ4v) is 3.04. The molecule has 0 radical (unpaired) electrons. The number of benzene rings is 2. The van der Waals surface area contributed by atoms with Crippen LogP contribution in [0.3, 0.4) is 0 Å². The zero-order valence-corrected chi connectivity index (χ0v) is 12.5. The highest BCUT2D eigenvalue weighted by atomic mass is 35.5. The van der Waals surface area contributed by atoms with E-state index in [1.54, 1.807) is 6.07 Å². The third kappa shape index (κ3) is 3.55. The van der Waals surface area contributed by atoms with Crippen LogP contribution in [0.1, 0.15) is 5.56 Å². The second-order valence-electron chi connectivity index (χ2n) is 5.38. The van der Waals surface area contributed by atoms with Crippen molar-refractivity contribution in [1.29, 1.82) is 0 Å². The second kappa shape index (κ2) is 6.46. The van der Waals surface area contributed by atoms with Gasteiger partial charge in [-0.05, 0) is 30.2 Å². The average Bonchev–Trinajstić information content (AvgIpc) is 2.51. The van der Waals surface area contributed by atoms with Crippen LogP contribution in [-0.4, -0.2) is 25.7 Å². The van der Waals surface area contributed by atoms with Gasteiger partial charge in [-0.1, -0.05) is 41.9 Å². The summed E-state index contributed by atoms with van der Waals surface area (Å²) in [5.41, 5.74) is 2.10. The predicted octanol–water partition coefficient (Wildman–Crippen LogP) is 3.50. The number of piperazine rings is 1. The number of hydrogen-bond donors (Lipinski definition) is 1. The maximum Gasteiger partial charge on any atom is 0.125 e. The van der Waals surface area contributed by atoms with Gasteiger partial charge in [0.15, 0.2) is 0 Å². The highest BCUT2D eigenvalue weighted by molar-refractivity contribution is 6.33. The van der Waals surface area contributed by atoms with Gasteiger partial charge < -0.3 is 10.2 Å². The lowest BCUT2D eigenvalue weighted by atomic mass is 10.0. The minimum absolute atomic E-state index is 0.243. The normalized spacial score (nSPS) is 18.8. The Bertz CT molecular complexity index is 603. The van der Waals surface area contributed by atoms with Gasteiger partial charge in [0.05, 0.1) is 10.7 Å². The van der Waals surface area contributed by atoms with Crippen molar-refractivity contribution >= 4 is 17.3 Å². The summed E-state index contributed by atoms with van der Waals surface area (Å²) < 4.78 is 13.4. The molecule has 0 saturated carbocycles. The van der Waals surface area contributed by atoms with Crippen LogP contribution >= 0.6 is 11.6 Å². The van der Waals surface area contributed by atoms with E-state index in [0.717, 1.165) is 31.7 Å². The lowest BCUT2D eigenvalue weighted by Crippen LogP contribution is -2.51. The largest absolute Gasteiger partial charge is 0.367 e. The van der Waals surface area contributed by atoms with Crippen LogP contribution in [0.2, 0.25) is 5.02 Å². The van der Waals surface area contributed by atoms with Crippen molar-refractivity contribution in [3.63, 3.8) is 0 Å². The molecule has 2 aromatic carbocycles. The molecule has 110 valence electrons. The molecule has 1 atom stereocenters. The molecule has 2 nitrogen and oxygen atoms in total. The molecular formula is C17H18ClFN2. The maximum absolute atomic E-state index is 13.4. The molecule has 2 aromatic rings. The Labute approximate surface area is 129 Å². The fourth-order valence-electron chi connectivity index (χ4n) is 2.81. The predicted molar refractivity (Wildman–Crippen MR) is 85.6 cm³/mol. The Morgan fingerprint density at radius 3 is 2.81 bits per heavy atom. The van der Waals surface area contributed by atoms with Crippen LogP contribution in [0.25, 0.3) is 0 Å². The Balaban J connectivity index is 1.72. The Hall–Kier alpha value is -1.58. The smallest absolute Gasteiger partial charge is 0.125 e. The molecule has 3 rings (SSSR count). The van der Waals surface area contributed by atoms with E-state index in [-0.39, 0.29) is 5.82 Å². The number of hydrogen-bond acceptors (Lipinski definition) is 2. The molecule has 1 saturated heterocycles. The summed E-state index contributed by atoms with van der Waals surface area (Å²) in [7, 11) is 0. The maximum atomic E-state index is 13.4. The van der Waals surface area contributed by atoms with Crippen molar-refractivity contribution in [3.8, 4) is 0 Å². The molecule has 21 heavy (non-hydrogen) atoms. The van der Waals surface area contributed by atoms with Gasteiger partial charge in [-0.2, -0.15) is 0 Å². The zero-order valence-electron chi connectivity index (χ0n) is 11.7. The van der Waals surface area contributed by atoms with E-state index in [2.05, 4.69) is 34.5 Å². The molecule has 1 aliphatic heterocycles. The molecule has 4 heteroatoms. The van der Waals surface area contributed by atoms with E-state index in [1.165, 1.54) is 17.7 Å². The Morgan fingerprint density at radius 1 is 1.19 bits per heavy atom. The highest BCUT2D eigenvalue weighted by Gasteiger charge is 2.21. The summed E-state index contributed by atoms with van der Waals surface area (Å²) in [6.07, 6.45) is 0.963. The SMILES string of the molecule is Fc1ccc(Cl)c(N2CCNC(Cc3ccccc3)C2)c1. The Kier molecular flexibility index (Phi) is 4.42. The first-order valence-electron chi connectivity index (χ1n) is 7.20. The first kappa shape index (κ1) is 14.4. The van der Waals surface area contributed by atoms with E-state index in [1.807, 2.05) is 6.07 Å². The van der Waals surface area contributed by atoms with Gasteiger partial charge in [-0.3, -0.25) is 0 Å². The number of halogens is 2. The monoisotopic (exact) mass is 304 g/mol. The van der Waals surface area contributed by atoms with Gasteiger partial charge in [0, 0.05) is 25.7 Å². The standard InChI is InChI=1S/C17H18ClFN2/c18-16-7-6-14(19)11-17(16)21-9-8-20-15(12-21)10-13-4-2-1-3-5-13/h1-7,11,15,20H,8-10,12H2. The van der Waals surface area contributed by atoms with Crippen LogP contribution in [0, 0.1) is 5.82 Å². The third-order valence-electron chi connectivity index (χ3n) is 3.83. The van der Waals surface area contributed by atoms with Crippen molar-refractivity contribution < 1.29 is 4.39 Å². The average molecular weight is 305 g/mol. The summed E-state index contributed by atoms with van der Waals surface area (Å²) in [5.74, 6) is -0.243. The molecule has 0 aliphatic carbocycles. The lowest BCUT2D eigenvalue weighted by molar-refractivity contribution is 0.454. The van der Waals surface area contributed by atoms with E-state index in [4.69, 9.17) is 11.6 Å². The number of nitrogens with one attached hydrogen (secondary N) is 1. The van der Waals surface area contributed by atoms with E-state index in [9.17, 15) is 4.39 Å². The van der Waals surface area contributed by atoms with E-state index in [0.29, 0.717) is 11.1 Å². The van der Waals surface area contributed by atoms with Gasteiger partial charge in [0.2, 0.25) is 0 Å². The van der Waals surface area contributed by atoms with E-state index < -0.39 is 0 Å². The van der Waals surface area contributed by atoms with Gasteiger partial charge in [0.25, 0.3) is 0 Å². The molecule has 1 fully saturated rings. The number of anilines is 1. The second-order valence-corrected chi connectivity index (χ2v) is 5.79. The van der Waals surface area contributed by atoms with Gasteiger partial charge in [0.1, 0.15) is 5.82 Å². The molecule has 1 aliphatic rings. The van der Waals surface area contributed by atoms with Crippen LogP contribution < -0.4 is 10.2 Å². The van der Waals surface area contributed by atoms with Crippen LogP contribution in [0.4, 0.5) is 10.1 Å². The van der Waals surface area contributed by atoms with Crippen LogP contribution in [-0.2, 0) is 6.42 Å². The third-order valence-corrected chi connectivity index (χ3v) is 4.15. The molecule has 1 unspecified atom stereocenters. The zero-order chi connectivity index (χ0) is 14.7. The van der Waals surface area contributed by atoms with Crippen molar-refractivity contribution in [2.75, 3.05) is 24.5 Å². The van der Waals surface area contributed by atoms with Crippen molar-refractivity contribution in [1.82, 2.24) is 5.32 Å². The minimum atomic E-state index is -0.243. The minimum Gasteiger partial charge on any atom is -0.367 e. The van der Waals surface area contributed by atoms with E-state index >= 15 is 0 Å². The number of rotatable bonds is 3. The molecular weight excluding hydrogens is 287 g/mol. The summed E-state index contributed by atoms with van der Waals surface area (Å²) in [4.78, 5) is 2.16. The first-order chi connectivity index (χ1) is 10.2. The Morgan fingerprint density at radius 2 is 2.00 bits per heavy atom. The van der Waals surface area contributed by atoms with Crippen molar-refractivity contribution in [3.05, 3.63) is 64.9 Å². The van der Waals surface area contributed by atoms with Crippen LogP contribution in [0.5, 0.6) is 0 Å².